The van der Waals surface area contributed by atoms with E-state index in [-0.39, 0.29) is 0 Å². The van der Waals surface area contributed by atoms with E-state index in [1.807, 2.05) is 0 Å². The number of aryl methyl sites for hydroxylation is 1. The Morgan fingerprint density at radius 1 is 1.12 bits per heavy atom. The van der Waals surface area contributed by atoms with E-state index in [1.54, 1.807) is 27.9 Å². The third kappa shape index (κ3) is 1.67. The normalized spacial score (nSPS) is 18.5. The van der Waals surface area contributed by atoms with Gasteiger partial charge in [0.2, 0.25) is 0 Å². The van der Waals surface area contributed by atoms with Gasteiger partial charge in [0.05, 0.1) is 0 Å². The van der Waals surface area contributed by atoms with Gasteiger partial charge >= 0.3 is 0 Å². The van der Waals surface area contributed by atoms with Crippen molar-refractivity contribution in [2.45, 2.75) is 52.4 Å². The van der Waals surface area contributed by atoms with Crippen LogP contribution in [0.2, 0.25) is 0 Å². The molecule has 0 atom stereocenters. The van der Waals surface area contributed by atoms with E-state index in [4.69, 9.17) is 0 Å². The lowest BCUT2D eigenvalue weighted by molar-refractivity contribution is 0.629. The third-order valence-electron chi connectivity index (χ3n) is 4.47. The van der Waals surface area contributed by atoms with Crippen molar-refractivity contribution in [3.63, 3.8) is 0 Å². The summed E-state index contributed by atoms with van der Waals surface area (Å²) in [4.78, 5) is 2.63. The molecule has 0 radical (unpaired) electrons. The molecule has 0 saturated carbocycles. The number of benzene rings is 1. The van der Waals surface area contributed by atoms with Crippen LogP contribution >= 0.6 is 0 Å². The molecule has 2 heterocycles. The van der Waals surface area contributed by atoms with Gasteiger partial charge in [-0.3, -0.25) is 0 Å². The average molecular weight is 229 g/mol. The zero-order valence-electron chi connectivity index (χ0n) is 11.3. The van der Waals surface area contributed by atoms with Gasteiger partial charge in [-0.2, -0.15) is 0 Å². The van der Waals surface area contributed by atoms with E-state index in [0.29, 0.717) is 5.92 Å². The quantitative estimate of drug-likeness (QED) is 0.707. The van der Waals surface area contributed by atoms with Crippen molar-refractivity contribution in [2.75, 3.05) is 18.0 Å². The minimum atomic E-state index is 0.661. The van der Waals surface area contributed by atoms with Crippen LogP contribution in [0.1, 0.15) is 54.9 Å². The van der Waals surface area contributed by atoms with Gasteiger partial charge in [-0.05, 0) is 60.8 Å². The topological polar surface area (TPSA) is 3.24 Å². The molecule has 0 aliphatic carbocycles. The van der Waals surface area contributed by atoms with E-state index < -0.39 is 0 Å². The van der Waals surface area contributed by atoms with Crippen molar-refractivity contribution < 1.29 is 0 Å². The summed E-state index contributed by atoms with van der Waals surface area (Å²) >= 11 is 0. The Kier molecular flexibility index (Phi) is 2.65. The monoisotopic (exact) mass is 229 g/mol. The van der Waals surface area contributed by atoms with Gasteiger partial charge in [-0.25, -0.2) is 0 Å². The zero-order valence-corrected chi connectivity index (χ0v) is 11.3. The van der Waals surface area contributed by atoms with E-state index in [1.165, 1.54) is 38.8 Å². The molecule has 1 nitrogen and oxygen atoms in total. The molecule has 92 valence electrons. The highest BCUT2D eigenvalue weighted by Crippen LogP contribution is 2.40. The molecule has 0 fully saturated rings. The molecule has 0 aromatic heterocycles. The van der Waals surface area contributed by atoms with E-state index >= 15 is 0 Å². The van der Waals surface area contributed by atoms with Crippen molar-refractivity contribution in [1.82, 2.24) is 0 Å². The first-order chi connectivity index (χ1) is 8.18. The van der Waals surface area contributed by atoms with Crippen molar-refractivity contribution >= 4 is 5.69 Å². The molecule has 2 aliphatic rings. The maximum atomic E-state index is 2.63. The van der Waals surface area contributed by atoms with Crippen LogP contribution in [0, 0.1) is 6.92 Å². The fourth-order valence-corrected chi connectivity index (χ4v) is 3.64. The highest BCUT2D eigenvalue weighted by molar-refractivity contribution is 5.67. The lowest BCUT2D eigenvalue weighted by atomic mass is 9.83. The maximum absolute atomic E-state index is 2.63. The predicted molar refractivity (Wildman–Crippen MR) is 74.1 cm³/mol. The van der Waals surface area contributed by atoms with Crippen LogP contribution in [0.25, 0.3) is 0 Å². The summed E-state index contributed by atoms with van der Waals surface area (Å²) in [5, 5.41) is 0. The first-order valence-corrected chi connectivity index (χ1v) is 7.08. The Hall–Kier alpha value is -0.980. The minimum absolute atomic E-state index is 0.661. The van der Waals surface area contributed by atoms with Crippen LogP contribution in [-0.2, 0) is 12.8 Å². The second-order valence-corrected chi connectivity index (χ2v) is 5.93. The molecule has 0 amide bonds. The van der Waals surface area contributed by atoms with Crippen LogP contribution in [0.5, 0.6) is 0 Å². The number of hydrogen-bond acceptors (Lipinski definition) is 1. The van der Waals surface area contributed by atoms with Gasteiger partial charge in [0.15, 0.2) is 0 Å². The summed E-state index contributed by atoms with van der Waals surface area (Å²) in [6.45, 7) is 9.54. The first-order valence-electron chi connectivity index (χ1n) is 7.08. The zero-order chi connectivity index (χ0) is 12.0. The van der Waals surface area contributed by atoms with Crippen LogP contribution in [-0.4, -0.2) is 13.1 Å². The summed E-state index contributed by atoms with van der Waals surface area (Å²) < 4.78 is 0. The Labute approximate surface area is 105 Å². The predicted octanol–water partition coefficient (Wildman–Crippen LogP) is 3.82. The lowest BCUT2D eigenvalue weighted by Gasteiger charge is -2.38. The molecule has 0 unspecified atom stereocenters. The Balaban J connectivity index is 2.22. The van der Waals surface area contributed by atoms with Gasteiger partial charge in [-0.15, -0.1) is 0 Å². The number of rotatable bonds is 1. The largest absolute Gasteiger partial charge is 0.371 e. The van der Waals surface area contributed by atoms with Crippen molar-refractivity contribution in [3.8, 4) is 0 Å². The van der Waals surface area contributed by atoms with Gasteiger partial charge < -0.3 is 4.90 Å². The average Bonchev–Trinajstić information content (AvgIpc) is 2.33. The Bertz CT molecular complexity index is 443. The van der Waals surface area contributed by atoms with Crippen LogP contribution in [0.15, 0.2) is 6.07 Å². The SMILES string of the molecule is Cc1c(C(C)C)cc2c3c1CCCN3CCC2. The van der Waals surface area contributed by atoms with Crippen molar-refractivity contribution in [2.24, 2.45) is 0 Å². The Morgan fingerprint density at radius 3 is 2.53 bits per heavy atom. The van der Waals surface area contributed by atoms with E-state index in [0.717, 1.165) is 0 Å². The van der Waals surface area contributed by atoms with E-state index in [2.05, 4.69) is 31.7 Å². The van der Waals surface area contributed by atoms with Crippen molar-refractivity contribution in [3.05, 3.63) is 28.3 Å². The molecular formula is C16H23N. The molecular weight excluding hydrogens is 206 g/mol. The fraction of sp³-hybridized carbons (Fsp3) is 0.625. The van der Waals surface area contributed by atoms with Gasteiger partial charge in [0.25, 0.3) is 0 Å². The second-order valence-electron chi connectivity index (χ2n) is 5.93. The molecule has 2 aliphatic heterocycles. The van der Waals surface area contributed by atoms with Gasteiger partial charge in [-0.1, -0.05) is 19.9 Å². The summed E-state index contributed by atoms with van der Waals surface area (Å²) in [6, 6.07) is 2.50. The minimum Gasteiger partial charge on any atom is -0.371 e. The fourth-order valence-electron chi connectivity index (χ4n) is 3.64. The molecule has 1 aromatic carbocycles. The maximum Gasteiger partial charge on any atom is 0.0434 e. The van der Waals surface area contributed by atoms with Crippen LogP contribution < -0.4 is 4.90 Å². The van der Waals surface area contributed by atoms with Gasteiger partial charge in [0, 0.05) is 18.8 Å². The molecule has 0 N–H and O–H groups in total. The highest BCUT2D eigenvalue weighted by Gasteiger charge is 2.26. The molecule has 3 rings (SSSR count). The molecule has 17 heavy (non-hydrogen) atoms. The number of hydrogen-bond donors (Lipinski definition) is 0. The van der Waals surface area contributed by atoms with Crippen LogP contribution in [0.4, 0.5) is 5.69 Å². The summed E-state index contributed by atoms with van der Waals surface area (Å²) in [7, 11) is 0. The second kappa shape index (κ2) is 4.04. The van der Waals surface area contributed by atoms with Crippen molar-refractivity contribution in [1.29, 1.82) is 0 Å². The smallest absolute Gasteiger partial charge is 0.0434 e. The highest BCUT2D eigenvalue weighted by atomic mass is 15.1. The van der Waals surface area contributed by atoms with Crippen LogP contribution in [0.3, 0.4) is 0 Å². The first kappa shape index (κ1) is 11.1. The van der Waals surface area contributed by atoms with Gasteiger partial charge in [0.1, 0.15) is 0 Å². The Morgan fingerprint density at radius 2 is 1.82 bits per heavy atom. The molecule has 1 heteroatoms. The summed E-state index contributed by atoms with van der Waals surface area (Å²) in [6.07, 6.45) is 5.27. The number of nitrogens with zero attached hydrogens (tertiary/aromatic N) is 1. The summed E-state index contributed by atoms with van der Waals surface area (Å²) in [5.41, 5.74) is 8.06. The third-order valence-corrected chi connectivity index (χ3v) is 4.47. The molecule has 0 bridgehead atoms. The molecule has 0 saturated heterocycles. The summed E-state index contributed by atoms with van der Waals surface area (Å²) in [5.74, 6) is 0.661. The lowest BCUT2D eigenvalue weighted by Crippen LogP contribution is -2.35. The standard InChI is InChI=1S/C16H23N/c1-11(2)15-10-13-6-4-8-17-9-5-7-14(12(15)3)16(13)17/h10-11H,4-9H2,1-3H3. The number of anilines is 1. The molecule has 1 aromatic rings. The van der Waals surface area contributed by atoms with E-state index in [9.17, 15) is 0 Å². The molecule has 0 spiro atoms.